The summed E-state index contributed by atoms with van der Waals surface area (Å²) in [5.41, 5.74) is 1.83. The molecule has 1 aromatic rings. The molecule has 1 aliphatic heterocycles. The molecule has 0 fully saturated rings. The minimum Gasteiger partial charge on any atom is -0.310 e. The maximum Gasteiger partial charge on any atom is 0.390 e. The number of rotatable bonds is 4. The molecule has 1 aliphatic rings. The number of hydrogen-bond donors (Lipinski definition) is 2. The summed E-state index contributed by atoms with van der Waals surface area (Å²) in [5.74, 6) is -1.34. The first-order valence-corrected chi connectivity index (χ1v) is 7.26. The number of fused-ring (bicyclic) bond motifs is 1. The highest BCUT2D eigenvalue weighted by atomic mass is 32.2. The van der Waals surface area contributed by atoms with E-state index in [0.29, 0.717) is 10.6 Å². The lowest BCUT2D eigenvalue weighted by atomic mass is 10.2. The van der Waals surface area contributed by atoms with E-state index in [1.807, 2.05) is 0 Å². The summed E-state index contributed by atoms with van der Waals surface area (Å²) in [4.78, 5) is 25.2. The van der Waals surface area contributed by atoms with E-state index < -0.39 is 36.2 Å². The molecule has 1 unspecified atom stereocenters. The molecule has 2 rings (SSSR count). The fraction of sp³-hybridized carbons (Fsp3) is 0.385. The SMILES string of the molecule is O=C(CC1Sc2ccccc2N(CCC(F)(F)F)C1=O)NO. The largest absolute Gasteiger partial charge is 0.390 e. The highest BCUT2D eigenvalue weighted by molar-refractivity contribution is 8.01. The van der Waals surface area contributed by atoms with Gasteiger partial charge in [0, 0.05) is 17.9 Å². The van der Waals surface area contributed by atoms with Crippen molar-refractivity contribution in [1.82, 2.24) is 5.48 Å². The number of hydroxylamine groups is 1. The van der Waals surface area contributed by atoms with Crippen molar-refractivity contribution in [2.24, 2.45) is 0 Å². The summed E-state index contributed by atoms with van der Waals surface area (Å²) in [6.07, 6.45) is -5.81. The van der Waals surface area contributed by atoms with Crippen molar-refractivity contribution in [3.63, 3.8) is 0 Å². The van der Waals surface area contributed by atoms with Crippen molar-refractivity contribution in [3.8, 4) is 0 Å². The summed E-state index contributed by atoms with van der Waals surface area (Å²) in [7, 11) is 0. The molecular formula is C13H13F3N2O3S. The van der Waals surface area contributed by atoms with Crippen LogP contribution >= 0.6 is 11.8 Å². The number of carbonyl (C=O) groups is 2. The van der Waals surface area contributed by atoms with E-state index in [4.69, 9.17) is 5.21 Å². The zero-order valence-electron chi connectivity index (χ0n) is 11.3. The summed E-state index contributed by atoms with van der Waals surface area (Å²) < 4.78 is 37.3. The lowest BCUT2D eigenvalue weighted by Gasteiger charge is -2.33. The topological polar surface area (TPSA) is 69.6 Å². The van der Waals surface area contributed by atoms with Crippen molar-refractivity contribution >= 4 is 29.3 Å². The Morgan fingerprint density at radius 1 is 1.36 bits per heavy atom. The van der Waals surface area contributed by atoms with Crippen LogP contribution in [0.4, 0.5) is 18.9 Å². The van der Waals surface area contributed by atoms with Crippen LogP contribution in [-0.2, 0) is 9.59 Å². The Morgan fingerprint density at radius 3 is 2.68 bits per heavy atom. The van der Waals surface area contributed by atoms with E-state index in [-0.39, 0.29) is 6.42 Å². The van der Waals surface area contributed by atoms with Gasteiger partial charge in [-0.2, -0.15) is 13.2 Å². The van der Waals surface area contributed by atoms with Crippen LogP contribution in [0.3, 0.4) is 0 Å². The van der Waals surface area contributed by atoms with Crippen molar-refractivity contribution in [3.05, 3.63) is 24.3 Å². The van der Waals surface area contributed by atoms with Gasteiger partial charge in [0.25, 0.3) is 0 Å². The smallest absolute Gasteiger partial charge is 0.310 e. The van der Waals surface area contributed by atoms with Gasteiger partial charge in [0.1, 0.15) is 0 Å². The van der Waals surface area contributed by atoms with Gasteiger partial charge < -0.3 is 4.90 Å². The zero-order chi connectivity index (χ0) is 16.3. The number of hydrogen-bond acceptors (Lipinski definition) is 4. The molecule has 0 aliphatic carbocycles. The number of benzene rings is 1. The van der Waals surface area contributed by atoms with Gasteiger partial charge in [0.05, 0.1) is 17.4 Å². The van der Waals surface area contributed by atoms with Gasteiger partial charge >= 0.3 is 6.18 Å². The first-order chi connectivity index (χ1) is 10.3. The lowest BCUT2D eigenvalue weighted by molar-refractivity contribution is -0.135. The molecule has 2 amide bonds. The Bertz CT molecular complexity index is 580. The molecule has 5 nitrogen and oxygen atoms in total. The van der Waals surface area contributed by atoms with Gasteiger partial charge in [0.15, 0.2) is 0 Å². The molecule has 0 radical (unpaired) electrons. The molecule has 0 saturated heterocycles. The molecular weight excluding hydrogens is 321 g/mol. The Balaban J connectivity index is 2.25. The molecule has 0 spiro atoms. The summed E-state index contributed by atoms with van der Waals surface area (Å²) >= 11 is 1.10. The fourth-order valence-corrected chi connectivity index (χ4v) is 3.31. The Hall–Kier alpha value is -1.74. The number of thioether (sulfide) groups is 1. The second-order valence-corrected chi connectivity index (χ2v) is 5.91. The molecule has 1 aromatic carbocycles. The number of carbonyl (C=O) groups excluding carboxylic acids is 2. The predicted molar refractivity (Wildman–Crippen MR) is 73.7 cm³/mol. The number of halogens is 3. The van der Waals surface area contributed by atoms with E-state index in [2.05, 4.69) is 0 Å². The highest BCUT2D eigenvalue weighted by Gasteiger charge is 2.37. The van der Waals surface area contributed by atoms with Gasteiger partial charge in [-0.3, -0.25) is 14.8 Å². The van der Waals surface area contributed by atoms with Gasteiger partial charge in [-0.05, 0) is 12.1 Å². The van der Waals surface area contributed by atoms with E-state index in [1.165, 1.54) is 5.48 Å². The molecule has 0 saturated carbocycles. The van der Waals surface area contributed by atoms with Gasteiger partial charge in [-0.1, -0.05) is 12.1 Å². The van der Waals surface area contributed by atoms with Crippen LogP contribution in [0.5, 0.6) is 0 Å². The van der Waals surface area contributed by atoms with Crippen LogP contribution in [0, 0.1) is 0 Å². The van der Waals surface area contributed by atoms with E-state index in [1.54, 1.807) is 24.3 Å². The lowest BCUT2D eigenvalue weighted by Crippen LogP contribution is -2.44. The summed E-state index contributed by atoms with van der Waals surface area (Å²) in [6, 6.07) is 6.58. The monoisotopic (exact) mass is 334 g/mol. The maximum atomic E-state index is 12.4. The zero-order valence-corrected chi connectivity index (χ0v) is 12.1. The number of anilines is 1. The van der Waals surface area contributed by atoms with E-state index in [9.17, 15) is 22.8 Å². The van der Waals surface area contributed by atoms with E-state index >= 15 is 0 Å². The molecule has 2 N–H and O–H groups in total. The number of alkyl halides is 3. The normalized spacial score (nSPS) is 18.1. The first-order valence-electron chi connectivity index (χ1n) is 6.38. The molecule has 9 heteroatoms. The third-order valence-corrected chi connectivity index (χ3v) is 4.33. The van der Waals surface area contributed by atoms with Crippen LogP contribution in [0.15, 0.2) is 29.2 Å². The van der Waals surface area contributed by atoms with Crippen LogP contribution in [0.2, 0.25) is 0 Å². The maximum absolute atomic E-state index is 12.4. The van der Waals surface area contributed by atoms with Gasteiger partial charge in [-0.25, -0.2) is 5.48 Å². The molecule has 120 valence electrons. The van der Waals surface area contributed by atoms with Crippen molar-refractivity contribution in [2.45, 2.75) is 29.2 Å². The van der Waals surface area contributed by atoms with Crippen LogP contribution in [0.25, 0.3) is 0 Å². The minimum atomic E-state index is -4.38. The Labute approximate surface area is 128 Å². The second-order valence-electron chi connectivity index (χ2n) is 4.67. The fourth-order valence-electron chi connectivity index (χ4n) is 2.09. The molecule has 0 bridgehead atoms. The average molecular weight is 334 g/mol. The van der Waals surface area contributed by atoms with Crippen molar-refractivity contribution in [1.29, 1.82) is 0 Å². The molecule has 22 heavy (non-hydrogen) atoms. The van der Waals surface area contributed by atoms with Crippen molar-refractivity contribution in [2.75, 3.05) is 11.4 Å². The first kappa shape index (κ1) is 16.6. The molecule has 1 atom stereocenters. The molecule has 0 aromatic heterocycles. The second kappa shape index (κ2) is 6.57. The van der Waals surface area contributed by atoms with Crippen LogP contribution in [0.1, 0.15) is 12.8 Å². The quantitative estimate of drug-likeness (QED) is 0.655. The van der Waals surface area contributed by atoms with E-state index in [0.717, 1.165) is 16.7 Å². The predicted octanol–water partition coefficient (Wildman–Crippen LogP) is 2.34. The number of nitrogens with one attached hydrogen (secondary N) is 1. The molecule has 1 heterocycles. The Morgan fingerprint density at radius 2 is 2.05 bits per heavy atom. The Kier molecular flexibility index (Phi) is 4.97. The third kappa shape index (κ3) is 3.92. The average Bonchev–Trinajstić information content (AvgIpc) is 2.46. The van der Waals surface area contributed by atoms with Crippen LogP contribution in [-0.4, -0.2) is 35.0 Å². The highest BCUT2D eigenvalue weighted by Crippen LogP contribution is 2.40. The van der Waals surface area contributed by atoms with Crippen LogP contribution < -0.4 is 10.4 Å². The minimum absolute atomic E-state index is 0.309. The summed E-state index contributed by atoms with van der Waals surface area (Å²) in [6.45, 7) is -0.503. The van der Waals surface area contributed by atoms with Gasteiger partial charge in [-0.15, -0.1) is 11.8 Å². The number of para-hydroxylation sites is 1. The number of nitrogens with zero attached hydrogens (tertiary/aromatic N) is 1. The van der Waals surface area contributed by atoms with Crippen molar-refractivity contribution < 1.29 is 28.0 Å². The third-order valence-electron chi connectivity index (χ3n) is 3.08. The standard InChI is InChI=1S/C13H13F3N2O3S/c14-13(15,16)5-6-18-8-3-1-2-4-9(8)22-10(12(18)20)7-11(19)17-21/h1-4,10,21H,5-7H2,(H,17,19). The summed E-state index contributed by atoms with van der Waals surface area (Å²) in [5, 5.41) is 7.67. The van der Waals surface area contributed by atoms with Gasteiger partial charge in [0.2, 0.25) is 11.8 Å². The number of amides is 2.